The third-order valence-electron chi connectivity index (χ3n) is 4.00. The van der Waals surface area contributed by atoms with Gasteiger partial charge in [-0.2, -0.15) is 4.98 Å². The van der Waals surface area contributed by atoms with E-state index in [1.807, 2.05) is 0 Å². The number of ether oxygens (including phenoxy) is 2. The minimum Gasteiger partial charge on any atom is -0.458 e. The molecule has 2 aliphatic heterocycles. The molecule has 2 N–H and O–H groups in total. The van der Waals surface area contributed by atoms with Crippen LogP contribution in [-0.2, 0) is 4.74 Å². The largest absolute Gasteiger partial charge is 0.458 e. The first-order chi connectivity index (χ1) is 10.1. The smallest absolute Gasteiger partial charge is 0.299 e. The van der Waals surface area contributed by atoms with Crippen molar-refractivity contribution in [2.24, 2.45) is 5.92 Å². The van der Waals surface area contributed by atoms with Crippen molar-refractivity contribution in [3.05, 3.63) is 22.2 Å². The van der Waals surface area contributed by atoms with Crippen molar-refractivity contribution in [1.29, 1.82) is 0 Å². The maximum absolute atomic E-state index is 10.4. The van der Waals surface area contributed by atoms with E-state index in [0.717, 1.165) is 0 Å². The third kappa shape index (κ3) is 1.87. The number of halogens is 2. The number of hydrogen-bond donors (Lipinski definition) is 2. The van der Waals surface area contributed by atoms with Gasteiger partial charge in [0.25, 0.3) is 6.01 Å². The van der Waals surface area contributed by atoms with E-state index in [0.29, 0.717) is 33.7 Å². The van der Waals surface area contributed by atoms with Gasteiger partial charge >= 0.3 is 0 Å². The van der Waals surface area contributed by atoms with E-state index >= 15 is 0 Å². The zero-order valence-corrected chi connectivity index (χ0v) is 12.3. The predicted molar refractivity (Wildman–Crippen MR) is 75.7 cm³/mol. The first-order valence-electron chi connectivity index (χ1n) is 6.54. The molecule has 1 aromatic carbocycles. The standard InChI is InChI=1S/C13H12Cl2N2O4/c14-6-1-8-9(2-7(6)15)17-12-10(19)11(21-13(17)16-8)5(3-18)4-20-12/h1-2,5,10-12,18-19H,3-4H2/t5-,10-,11-,12+/m1/s1. The molecule has 0 saturated carbocycles. The van der Waals surface area contributed by atoms with E-state index in [9.17, 15) is 10.2 Å². The zero-order valence-electron chi connectivity index (χ0n) is 10.7. The van der Waals surface area contributed by atoms with E-state index in [-0.39, 0.29) is 12.5 Å². The van der Waals surface area contributed by atoms with E-state index in [2.05, 4.69) is 4.98 Å². The number of aliphatic hydroxyl groups excluding tert-OH is 2. The average Bonchev–Trinajstić information content (AvgIpc) is 2.77. The van der Waals surface area contributed by atoms with Crippen LogP contribution < -0.4 is 4.74 Å². The monoisotopic (exact) mass is 330 g/mol. The third-order valence-corrected chi connectivity index (χ3v) is 4.73. The normalized spacial score (nSPS) is 31.0. The molecule has 0 amide bonds. The lowest BCUT2D eigenvalue weighted by molar-refractivity contribution is -0.212. The van der Waals surface area contributed by atoms with Gasteiger partial charge in [0.2, 0.25) is 0 Å². The second-order valence-electron chi connectivity index (χ2n) is 5.26. The van der Waals surface area contributed by atoms with Crippen molar-refractivity contribution in [2.75, 3.05) is 13.2 Å². The summed E-state index contributed by atoms with van der Waals surface area (Å²) in [6.45, 7) is 0.190. The van der Waals surface area contributed by atoms with Crippen LogP contribution >= 0.6 is 23.2 Å². The number of rotatable bonds is 1. The van der Waals surface area contributed by atoms with E-state index in [1.165, 1.54) is 0 Å². The Labute approximate surface area is 129 Å². The van der Waals surface area contributed by atoms with Crippen molar-refractivity contribution in [3.63, 3.8) is 0 Å². The van der Waals surface area contributed by atoms with Crippen LogP contribution in [0.5, 0.6) is 6.01 Å². The first-order valence-corrected chi connectivity index (χ1v) is 7.30. The molecular formula is C13H12Cl2N2O4. The van der Waals surface area contributed by atoms with Crippen molar-refractivity contribution in [2.45, 2.75) is 18.4 Å². The number of hydrogen-bond acceptors (Lipinski definition) is 5. The Morgan fingerprint density at radius 3 is 2.86 bits per heavy atom. The fourth-order valence-corrected chi connectivity index (χ4v) is 3.24. The summed E-state index contributed by atoms with van der Waals surface area (Å²) in [5.74, 6) is -0.281. The highest BCUT2D eigenvalue weighted by Gasteiger charge is 2.47. The maximum atomic E-state index is 10.4. The van der Waals surface area contributed by atoms with Crippen molar-refractivity contribution in [1.82, 2.24) is 9.55 Å². The van der Waals surface area contributed by atoms with Gasteiger partial charge in [-0.05, 0) is 12.1 Å². The van der Waals surface area contributed by atoms with Gasteiger partial charge in [-0.3, -0.25) is 4.57 Å². The summed E-state index contributed by atoms with van der Waals surface area (Å²) in [7, 11) is 0. The molecule has 112 valence electrons. The van der Waals surface area contributed by atoms with Gasteiger partial charge in [-0.1, -0.05) is 23.2 Å². The van der Waals surface area contributed by atoms with E-state index in [1.54, 1.807) is 16.7 Å². The van der Waals surface area contributed by atoms with Crippen LogP contribution in [0.15, 0.2) is 12.1 Å². The van der Waals surface area contributed by atoms with E-state index in [4.69, 9.17) is 32.7 Å². The fraction of sp³-hybridized carbons (Fsp3) is 0.462. The summed E-state index contributed by atoms with van der Waals surface area (Å²) >= 11 is 12.1. The Balaban J connectivity index is 1.90. The molecule has 0 spiro atoms. The van der Waals surface area contributed by atoms with Crippen LogP contribution in [0.1, 0.15) is 6.23 Å². The molecule has 4 rings (SSSR count). The molecule has 1 saturated heterocycles. The van der Waals surface area contributed by atoms with Gasteiger partial charge in [0, 0.05) is 5.92 Å². The minimum absolute atomic E-state index is 0.119. The zero-order chi connectivity index (χ0) is 14.7. The molecule has 2 bridgehead atoms. The van der Waals surface area contributed by atoms with Crippen LogP contribution in [0.25, 0.3) is 11.0 Å². The molecule has 2 aliphatic rings. The van der Waals surface area contributed by atoms with Gasteiger partial charge in [-0.15, -0.1) is 0 Å². The lowest BCUT2D eigenvalue weighted by Crippen LogP contribution is -2.55. The summed E-state index contributed by atoms with van der Waals surface area (Å²) in [5.41, 5.74) is 1.30. The Bertz CT molecular complexity index is 720. The molecule has 3 heterocycles. The Morgan fingerprint density at radius 1 is 1.33 bits per heavy atom. The highest BCUT2D eigenvalue weighted by Crippen LogP contribution is 2.41. The molecule has 1 aromatic heterocycles. The number of nitrogens with zero attached hydrogens (tertiary/aromatic N) is 2. The molecule has 21 heavy (non-hydrogen) atoms. The summed E-state index contributed by atoms with van der Waals surface area (Å²) in [5, 5.41) is 20.5. The molecule has 0 aliphatic carbocycles. The SMILES string of the molecule is OC[C@@H]1CO[C@H]2[C@H](O)[C@@H]1Oc1nc3cc(Cl)c(Cl)cc3n12. The molecule has 0 unspecified atom stereocenters. The Hall–Kier alpha value is -1.05. The number of benzene rings is 1. The topological polar surface area (TPSA) is 76.7 Å². The van der Waals surface area contributed by atoms with Gasteiger partial charge in [0.05, 0.1) is 34.3 Å². The van der Waals surface area contributed by atoms with Crippen molar-refractivity contribution in [3.8, 4) is 6.01 Å². The summed E-state index contributed by atoms with van der Waals surface area (Å²) in [4.78, 5) is 4.37. The van der Waals surface area contributed by atoms with Gasteiger partial charge in [-0.25, -0.2) is 0 Å². The van der Waals surface area contributed by atoms with Gasteiger partial charge in [0.15, 0.2) is 6.23 Å². The summed E-state index contributed by atoms with van der Waals surface area (Å²) in [6.07, 6.45) is -2.02. The predicted octanol–water partition coefficient (Wildman–Crippen LogP) is 1.60. The van der Waals surface area contributed by atoms with Crippen LogP contribution in [0, 0.1) is 5.92 Å². The highest BCUT2D eigenvalue weighted by atomic mass is 35.5. The number of imidazole rings is 1. The molecule has 1 fully saturated rings. The van der Waals surface area contributed by atoms with E-state index < -0.39 is 18.4 Å². The van der Waals surface area contributed by atoms with Crippen LogP contribution in [0.3, 0.4) is 0 Å². The average molecular weight is 331 g/mol. The molecule has 6 nitrogen and oxygen atoms in total. The van der Waals surface area contributed by atoms with Crippen LogP contribution in [0.2, 0.25) is 10.0 Å². The minimum atomic E-state index is -0.879. The summed E-state index contributed by atoms with van der Waals surface area (Å²) < 4.78 is 13.1. The molecular weight excluding hydrogens is 319 g/mol. The van der Waals surface area contributed by atoms with Crippen LogP contribution in [-0.4, -0.2) is 45.2 Å². The first kappa shape index (κ1) is 13.6. The molecule has 8 heteroatoms. The van der Waals surface area contributed by atoms with Crippen molar-refractivity contribution >= 4 is 34.2 Å². The maximum Gasteiger partial charge on any atom is 0.299 e. The molecule has 2 aromatic rings. The second-order valence-corrected chi connectivity index (χ2v) is 6.07. The molecule has 4 atom stereocenters. The fourth-order valence-electron chi connectivity index (χ4n) is 2.93. The second kappa shape index (κ2) is 4.72. The van der Waals surface area contributed by atoms with Gasteiger partial charge < -0.3 is 19.7 Å². The summed E-state index contributed by atoms with van der Waals surface area (Å²) in [6, 6.07) is 3.66. The number of aromatic nitrogens is 2. The van der Waals surface area contributed by atoms with Crippen LogP contribution in [0.4, 0.5) is 0 Å². The van der Waals surface area contributed by atoms with Crippen molar-refractivity contribution < 1.29 is 19.7 Å². The number of aliphatic hydroxyl groups is 2. The Kier molecular flexibility index (Phi) is 3.06. The van der Waals surface area contributed by atoms with Gasteiger partial charge in [0.1, 0.15) is 12.2 Å². The quantitative estimate of drug-likeness (QED) is 0.830. The lowest BCUT2D eigenvalue weighted by Gasteiger charge is -2.43. The molecule has 0 radical (unpaired) electrons. The Morgan fingerprint density at radius 2 is 2.10 bits per heavy atom. The highest BCUT2D eigenvalue weighted by molar-refractivity contribution is 6.42. The number of fused-ring (bicyclic) bond motifs is 6. The lowest BCUT2D eigenvalue weighted by atomic mass is 9.94.